The highest BCUT2D eigenvalue weighted by Gasteiger charge is 2.29. The molecule has 2 heterocycles. The molecule has 0 spiro atoms. The van der Waals surface area contributed by atoms with Crippen molar-refractivity contribution in [1.82, 2.24) is 14.9 Å². The molecule has 1 amide bonds. The molecule has 1 aliphatic heterocycles. The number of likely N-dealkylation sites (tertiary alicyclic amines) is 1. The van der Waals surface area contributed by atoms with Crippen LogP contribution in [-0.4, -0.2) is 39.9 Å². The maximum absolute atomic E-state index is 11.9. The van der Waals surface area contributed by atoms with Crippen molar-refractivity contribution in [1.29, 1.82) is 0 Å². The Labute approximate surface area is 126 Å². The summed E-state index contributed by atoms with van der Waals surface area (Å²) in [5.41, 5.74) is 2.16. The van der Waals surface area contributed by atoms with E-state index in [1.165, 1.54) is 19.3 Å². The topological polar surface area (TPSA) is 58.1 Å². The number of carbonyl (C=O) groups is 1. The predicted octanol–water partition coefficient (Wildman–Crippen LogP) is 2.48. The van der Waals surface area contributed by atoms with E-state index in [2.05, 4.69) is 28.3 Å². The van der Waals surface area contributed by atoms with E-state index >= 15 is 0 Å². The second-order valence-corrected chi connectivity index (χ2v) is 6.27. The van der Waals surface area contributed by atoms with Gasteiger partial charge in [0.1, 0.15) is 0 Å². The number of anilines is 1. The number of amides is 1. The van der Waals surface area contributed by atoms with Crippen molar-refractivity contribution in [2.75, 3.05) is 18.4 Å². The van der Waals surface area contributed by atoms with Gasteiger partial charge in [0.25, 0.3) is 0 Å². The van der Waals surface area contributed by atoms with Gasteiger partial charge in [-0.1, -0.05) is 13.3 Å². The Bertz CT molecular complexity index is 527. The van der Waals surface area contributed by atoms with E-state index in [-0.39, 0.29) is 11.9 Å². The second-order valence-electron chi connectivity index (χ2n) is 6.27. The summed E-state index contributed by atoms with van der Waals surface area (Å²) < 4.78 is 0. The average molecular weight is 288 g/mol. The van der Waals surface area contributed by atoms with Gasteiger partial charge in [0.2, 0.25) is 11.9 Å². The van der Waals surface area contributed by atoms with Crippen LogP contribution in [0.25, 0.3) is 0 Å². The molecule has 114 valence electrons. The van der Waals surface area contributed by atoms with Crippen LogP contribution in [0.2, 0.25) is 0 Å². The van der Waals surface area contributed by atoms with Crippen LogP contribution in [0, 0.1) is 6.92 Å². The summed E-state index contributed by atoms with van der Waals surface area (Å²) in [6, 6.07) is 2.23. The van der Waals surface area contributed by atoms with Crippen molar-refractivity contribution >= 4 is 11.9 Å². The highest BCUT2D eigenvalue weighted by Crippen LogP contribution is 2.35. The number of nitrogens with zero attached hydrogens (tertiary/aromatic N) is 3. The average Bonchev–Trinajstić information content (AvgIpc) is 2.67. The first-order valence-corrected chi connectivity index (χ1v) is 8.05. The van der Waals surface area contributed by atoms with E-state index in [0.717, 1.165) is 30.9 Å². The molecular formula is C16H24N4O. The fraction of sp³-hybridized carbons (Fsp3) is 0.688. The van der Waals surface area contributed by atoms with Crippen molar-refractivity contribution in [3.63, 3.8) is 0 Å². The van der Waals surface area contributed by atoms with Gasteiger partial charge in [-0.3, -0.25) is 4.79 Å². The first kappa shape index (κ1) is 14.3. The molecular weight excluding hydrogens is 264 g/mol. The van der Waals surface area contributed by atoms with Crippen LogP contribution in [-0.2, 0) is 4.79 Å². The van der Waals surface area contributed by atoms with Crippen LogP contribution in [0.15, 0.2) is 6.07 Å². The van der Waals surface area contributed by atoms with Crippen LogP contribution in [0.5, 0.6) is 0 Å². The van der Waals surface area contributed by atoms with Crippen LogP contribution >= 0.6 is 0 Å². The number of hydrogen-bond acceptors (Lipinski definition) is 4. The van der Waals surface area contributed by atoms with E-state index in [0.29, 0.717) is 18.3 Å². The summed E-state index contributed by atoms with van der Waals surface area (Å²) in [4.78, 5) is 23.0. The molecule has 0 radical (unpaired) electrons. The van der Waals surface area contributed by atoms with Gasteiger partial charge in [-0.15, -0.1) is 0 Å². The van der Waals surface area contributed by atoms with Gasteiger partial charge in [0, 0.05) is 36.8 Å². The summed E-state index contributed by atoms with van der Waals surface area (Å²) >= 11 is 0. The summed E-state index contributed by atoms with van der Waals surface area (Å²) in [6.45, 7) is 5.72. The predicted molar refractivity (Wildman–Crippen MR) is 82.3 cm³/mol. The number of hydrogen-bond donors (Lipinski definition) is 1. The third-order valence-electron chi connectivity index (χ3n) is 4.44. The van der Waals surface area contributed by atoms with Gasteiger partial charge < -0.3 is 10.2 Å². The second kappa shape index (κ2) is 6.00. The quantitative estimate of drug-likeness (QED) is 0.904. The molecule has 5 heteroatoms. The number of aromatic nitrogens is 2. The minimum atomic E-state index is 0.139. The molecule has 2 aliphatic rings. The zero-order chi connectivity index (χ0) is 14.8. The molecule has 2 fully saturated rings. The van der Waals surface area contributed by atoms with Crippen LogP contribution in [0.4, 0.5) is 5.95 Å². The number of aryl methyl sites for hydroxylation is 1. The first-order chi connectivity index (χ1) is 10.2. The SMILES string of the molecule is CCCN1C[C@@H](Nc2nc(C)cc(C3CCC3)n2)CC1=O. The molecule has 1 saturated carbocycles. The smallest absolute Gasteiger partial charge is 0.224 e. The molecule has 1 N–H and O–H groups in total. The number of carbonyl (C=O) groups excluding carboxylic acids is 1. The zero-order valence-corrected chi connectivity index (χ0v) is 12.9. The summed E-state index contributed by atoms with van der Waals surface area (Å²) in [7, 11) is 0. The molecule has 1 aliphatic carbocycles. The molecule has 1 atom stereocenters. The van der Waals surface area contributed by atoms with Gasteiger partial charge in [0.05, 0.1) is 6.04 Å². The standard InChI is InChI=1S/C16H24N4O/c1-3-7-20-10-13(9-15(20)21)18-16-17-11(2)8-14(19-16)12-5-4-6-12/h8,12-13H,3-7,9-10H2,1-2H3,(H,17,18,19)/t13-/m0/s1. The Balaban J connectivity index is 1.67. The lowest BCUT2D eigenvalue weighted by Crippen LogP contribution is -2.29. The van der Waals surface area contributed by atoms with Gasteiger partial charge in [-0.2, -0.15) is 0 Å². The third kappa shape index (κ3) is 3.17. The van der Waals surface area contributed by atoms with Crippen LogP contribution in [0.1, 0.15) is 56.3 Å². The maximum Gasteiger partial charge on any atom is 0.224 e. The van der Waals surface area contributed by atoms with Gasteiger partial charge in [-0.25, -0.2) is 9.97 Å². The van der Waals surface area contributed by atoms with E-state index < -0.39 is 0 Å². The molecule has 0 aromatic carbocycles. The lowest BCUT2D eigenvalue weighted by atomic mass is 9.83. The number of rotatable bonds is 5. The molecule has 0 unspecified atom stereocenters. The van der Waals surface area contributed by atoms with Gasteiger partial charge in [0.15, 0.2) is 0 Å². The Morgan fingerprint density at radius 2 is 2.19 bits per heavy atom. The molecule has 5 nitrogen and oxygen atoms in total. The largest absolute Gasteiger partial charge is 0.349 e. The Kier molecular flexibility index (Phi) is 4.08. The van der Waals surface area contributed by atoms with E-state index in [4.69, 9.17) is 0 Å². The van der Waals surface area contributed by atoms with E-state index in [1.807, 2.05) is 11.8 Å². The van der Waals surface area contributed by atoms with Crippen molar-refractivity contribution < 1.29 is 4.79 Å². The molecule has 21 heavy (non-hydrogen) atoms. The normalized spacial score (nSPS) is 22.5. The van der Waals surface area contributed by atoms with Crippen LogP contribution < -0.4 is 5.32 Å². The van der Waals surface area contributed by atoms with Gasteiger partial charge in [-0.05, 0) is 32.3 Å². The van der Waals surface area contributed by atoms with Crippen molar-refractivity contribution in [2.45, 2.75) is 57.9 Å². The molecule has 0 bridgehead atoms. The fourth-order valence-electron chi connectivity index (χ4n) is 3.11. The fourth-order valence-corrected chi connectivity index (χ4v) is 3.11. The summed E-state index contributed by atoms with van der Waals surface area (Å²) in [6.07, 6.45) is 5.34. The molecule has 1 aromatic heterocycles. The Morgan fingerprint density at radius 1 is 1.38 bits per heavy atom. The minimum absolute atomic E-state index is 0.139. The maximum atomic E-state index is 11.9. The summed E-state index contributed by atoms with van der Waals surface area (Å²) in [5.74, 6) is 1.53. The molecule has 1 aromatic rings. The lowest BCUT2D eigenvalue weighted by molar-refractivity contribution is -0.127. The zero-order valence-electron chi connectivity index (χ0n) is 12.9. The monoisotopic (exact) mass is 288 g/mol. The number of nitrogens with one attached hydrogen (secondary N) is 1. The van der Waals surface area contributed by atoms with E-state index in [1.54, 1.807) is 0 Å². The Morgan fingerprint density at radius 3 is 2.86 bits per heavy atom. The lowest BCUT2D eigenvalue weighted by Gasteiger charge is -2.25. The summed E-state index contributed by atoms with van der Waals surface area (Å²) in [5, 5.41) is 3.36. The van der Waals surface area contributed by atoms with Gasteiger partial charge >= 0.3 is 0 Å². The molecule has 3 rings (SSSR count). The van der Waals surface area contributed by atoms with Crippen molar-refractivity contribution in [3.05, 3.63) is 17.5 Å². The van der Waals surface area contributed by atoms with Crippen molar-refractivity contribution in [3.8, 4) is 0 Å². The molecule has 1 saturated heterocycles. The van der Waals surface area contributed by atoms with Crippen molar-refractivity contribution in [2.24, 2.45) is 0 Å². The highest BCUT2D eigenvalue weighted by molar-refractivity contribution is 5.79. The minimum Gasteiger partial charge on any atom is -0.349 e. The highest BCUT2D eigenvalue weighted by atomic mass is 16.2. The van der Waals surface area contributed by atoms with Crippen LogP contribution in [0.3, 0.4) is 0 Å². The third-order valence-corrected chi connectivity index (χ3v) is 4.44. The first-order valence-electron chi connectivity index (χ1n) is 8.05. The Hall–Kier alpha value is -1.65. The van der Waals surface area contributed by atoms with E-state index in [9.17, 15) is 4.79 Å².